The summed E-state index contributed by atoms with van der Waals surface area (Å²) in [5.41, 5.74) is 0. The zero-order chi connectivity index (χ0) is 12.1. The molecule has 1 aliphatic rings. The van der Waals surface area contributed by atoms with Gasteiger partial charge in [0.1, 0.15) is 0 Å². The number of hydrogen-bond acceptors (Lipinski definition) is 2. The maximum atomic E-state index is 3.53. The average Bonchev–Trinajstić information content (AvgIpc) is 2.24. The van der Waals surface area contributed by atoms with Crippen LogP contribution in [0.25, 0.3) is 0 Å². The normalized spacial score (nSPS) is 35.6. The highest BCUT2D eigenvalue weighted by atomic mass is 15.2. The molecular formula is C14H30N2. The Morgan fingerprint density at radius 1 is 1.25 bits per heavy atom. The number of likely N-dealkylation sites (N-methyl/N-ethyl adjacent to an activating group) is 2. The van der Waals surface area contributed by atoms with E-state index in [1.165, 1.54) is 32.2 Å². The first-order chi connectivity index (χ1) is 7.60. The lowest BCUT2D eigenvalue weighted by molar-refractivity contribution is 0.0827. The van der Waals surface area contributed by atoms with Crippen molar-refractivity contribution in [2.45, 2.75) is 58.5 Å². The van der Waals surface area contributed by atoms with Gasteiger partial charge in [0, 0.05) is 12.1 Å². The number of nitrogens with zero attached hydrogens (tertiary/aromatic N) is 1. The Hall–Kier alpha value is -0.0800. The molecule has 1 aliphatic carbocycles. The minimum Gasteiger partial charge on any atom is -0.315 e. The summed E-state index contributed by atoms with van der Waals surface area (Å²) in [6.45, 7) is 8.34. The highest BCUT2D eigenvalue weighted by Crippen LogP contribution is 2.31. The second-order valence-electron chi connectivity index (χ2n) is 5.77. The predicted molar refractivity (Wildman–Crippen MR) is 71.7 cm³/mol. The molecule has 96 valence electrons. The predicted octanol–water partition coefficient (Wildman–Crippen LogP) is 2.74. The quantitative estimate of drug-likeness (QED) is 0.775. The van der Waals surface area contributed by atoms with Crippen LogP contribution >= 0.6 is 0 Å². The van der Waals surface area contributed by atoms with Gasteiger partial charge in [0.15, 0.2) is 0 Å². The van der Waals surface area contributed by atoms with Crippen LogP contribution in [0.2, 0.25) is 0 Å². The van der Waals surface area contributed by atoms with E-state index in [9.17, 15) is 0 Å². The molecule has 0 bridgehead atoms. The fraction of sp³-hybridized carbons (Fsp3) is 1.00. The van der Waals surface area contributed by atoms with E-state index in [1.807, 2.05) is 0 Å². The molecule has 1 fully saturated rings. The Bertz CT molecular complexity index is 193. The summed E-state index contributed by atoms with van der Waals surface area (Å²) in [6, 6.07) is 1.41. The van der Waals surface area contributed by atoms with Crippen LogP contribution in [-0.4, -0.2) is 37.6 Å². The highest BCUT2D eigenvalue weighted by Gasteiger charge is 2.35. The smallest absolute Gasteiger partial charge is 0.0271 e. The van der Waals surface area contributed by atoms with Crippen LogP contribution in [0.3, 0.4) is 0 Å². The van der Waals surface area contributed by atoms with Gasteiger partial charge in [0.05, 0.1) is 0 Å². The fourth-order valence-electron chi connectivity index (χ4n) is 3.43. The summed E-state index contributed by atoms with van der Waals surface area (Å²) in [4.78, 5) is 2.58. The largest absolute Gasteiger partial charge is 0.315 e. The van der Waals surface area contributed by atoms with E-state index in [1.54, 1.807) is 0 Å². The molecule has 1 N–H and O–H groups in total. The number of unbranched alkanes of at least 4 members (excludes halogenated alkanes) is 1. The van der Waals surface area contributed by atoms with Gasteiger partial charge < -0.3 is 10.2 Å². The summed E-state index contributed by atoms with van der Waals surface area (Å²) in [6.07, 6.45) is 5.35. The van der Waals surface area contributed by atoms with Crippen molar-refractivity contribution in [1.29, 1.82) is 0 Å². The van der Waals surface area contributed by atoms with E-state index in [4.69, 9.17) is 0 Å². The maximum absolute atomic E-state index is 3.53. The van der Waals surface area contributed by atoms with Crippen LogP contribution in [0.4, 0.5) is 0 Å². The van der Waals surface area contributed by atoms with Crippen LogP contribution in [-0.2, 0) is 0 Å². The van der Waals surface area contributed by atoms with Crippen molar-refractivity contribution >= 4 is 0 Å². The molecule has 0 amide bonds. The van der Waals surface area contributed by atoms with Gasteiger partial charge in [-0.1, -0.05) is 27.2 Å². The first-order valence-corrected chi connectivity index (χ1v) is 6.97. The standard InChI is InChI=1S/C14H30N2/c1-6-7-8-16(5)14-12(3)9-11(2)10-13(14)15-4/h11-15H,6-10H2,1-5H3. The van der Waals surface area contributed by atoms with Crippen LogP contribution in [0.1, 0.15) is 46.5 Å². The molecule has 4 unspecified atom stereocenters. The van der Waals surface area contributed by atoms with Gasteiger partial charge in [0.25, 0.3) is 0 Å². The lowest BCUT2D eigenvalue weighted by Crippen LogP contribution is -2.54. The van der Waals surface area contributed by atoms with E-state index in [-0.39, 0.29) is 0 Å². The molecule has 0 aromatic carbocycles. The Labute approximate surface area is 102 Å². The van der Waals surface area contributed by atoms with Crippen molar-refractivity contribution in [3.05, 3.63) is 0 Å². The van der Waals surface area contributed by atoms with Crippen molar-refractivity contribution in [3.63, 3.8) is 0 Å². The second kappa shape index (κ2) is 6.61. The number of nitrogens with one attached hydrogen (secondary N) is 1. The summed E-state index contributed by atoms with van der Waals surface area (Å²) < 4.78 is 0. The van der Waals surface area contributed by atoms with Crippen molar-refractivity contribution in [2.75, 3.05) is 20.6 Å². The topological polar surface area (TPSA) is 15.3 Å². The van der Waals surface area contributed by atoms with E-state index in [0.29, 0.717) is 6.04 Å². The fourth-order valence-corrected chi connectivity index (χ4v) is 3.43. The summed E-state index contributed by atoms with van der Waals surface area (Å²) in [5, 5.41) is 3.53. The molecule has 0 aliphatic heterocycles. The van der Waals surface area contributed by atoms with E-state index < -0.39 is 0 Å². The van der Waals surface area contributed by atoms with Gasteiger partial charge in [-0.05, 0) is 51.7 Å². The summed E-state index contributed by atoms with van der Waals surface area (Å²) in [5.74, 6) is 1.70. The molecule has 1 saturated carbocycles. The third-order valence-electron chi connectivity index (χ3n) is 4.17. The van der Waals surface area contributed by atoms with Crippen molar-refractivity contribution in [2.24, 2.45) is 11.8 Å². The van der Waals surface area contributed by atoms with E-state index >= 15 is 0 Å². The third kappa shape index (κ3) is 3.46. The number of rotatable bonds is 5. The zero-order valence-electron chi connectivity index (χ0n) is 11.8. The number of hydrogen-bond donors (Lipinski definition) is 1. The van der Waals surface area contributed by atoms with Gasteiger partial charge in [0.2, 0.25) is 0 Å². The van der Waals surface area contributed by atoms with Crippen LogP contribution < -0.4 is 5.32 Å². The van der Waals surface area contributed by atoms with E-state index in [0.717, 1.165) is 17.9 Å². The molecule has 2 nitrogen and oxygen atoms in total. The van der Waals surface area contributed by atoms with Crippen LogP contribution in [0.5, 0.6) is 0 Å². The first kappa shape index (κ1) is 14.0. The molecule has 0 radical (unpaired) electrons. The molecule has 0 heterocycles. The lowest BCUT2D eigenvalue weighted by Gasteiger charge is -2.44. The molecule has 0 spiro atoms. The highest BCUT2D eigenvalue weighted by molar-refractivity contribution is 4.92. The van der Waals surface area contributed by atoms with Crippen LogP contribution in [0.15, 0.2) is 0 Å². The SMILES string of the molecule is CCCCN(C)C1C(C)CC(C)CC1NC. The van der Waals surface area contributed by atoms with Crippen molar-refractivity contribution < 1.29 is 0 Å². The molecule has 16 heavy (non-hydrogen) atoms. The molecule has 0 saturated heterocycles. The molecule has 0 aromatic heterocycles. The van der Waals surface area contributed by atoms with Crippen LogP contribution in [0, 0.1) is 11.8 Å². The Balaban J connectivity index is 2.59. The monoisotopic (exact) mass is 226 g/mol. The van der Waals surface area contributed by atoms with Gasteiger partial charge in [-0.15, -0.1) is 0 Å². The second-order valence-corrected chi connectivity index (χ2v) is 5.77. The molecule has 4 atom stereocenters. The first-order valence-electron chi connectivity index (χ1n) is 6.97. The van der Waals surface area contributed by atoms with Gasteiger partial charge in [-0.2, -0.15) is 0 Å². The summed E-state index contributed by atoms with van der Waals surface area (Å²) >= 11 is 0. The average molecular weight is 226 g/mol. The molecule has 1 rings (SSSR count). The minimum absolute atomic E-state index is 0.681. The molecule has 2 heteroatoms. The van der Waals surface area contributed by atoms with Gasteiger partial charge >= 0.3 is 0 Å². The zero-order valence-corrected chi connectivity index (χ0v) is 11.8. The molecule has 0 aromatic rings. The van der Waals surface area contributed by atoms with E-state index in [2.05, 4.69) is 45.1 Å². The Morgan fingerprint density at radius 3 is 2.50 bits per heavy atom. The minimum atomic E-state index is 0.681. The van der Waals surface area contributed by atoms with Crippen molar-refractivity contribution in [1.82, 2.24) is 10.2 Å². The summed E-state index contributed by atoms with van der Waals surface area (Å²) in [7, 11) is 4.42. The Morgan fingerprint density at radius 2 is 1.94 bits per heavy atom. The van der Waals surface area contributed by atoms with Crippen molar-refractivity contribution in [3.8, 4) is 0 Å². The lowest BCUT2D eigenvalue weighted by atomic mass is 9.76. The van der Waals surface area contributed by atoms with Gasteiger partial charge in [-0.3, -0.25) is 0 Å². The third-order valence-corrected chi connectivity index (χ3v) is 4.17. The van der Waals surface area contributed by atoms with Gasteiger partial charge in [-0.25, -0.2) is 0 Å². The molecular weight excluding hydrogens is 196 g/mol. The maximum Gasteiger partial charge on any atom is 0.0271 e. The Kier molecular flexibility index (Phi) is 5.77.